The molecule has 0 aliphatic rings. The quantitative estimate of drug-likeness (QED) is 0.441. The molecule has 0 saturated heterocycles. The summed E-state index contributed by atoms with van der Waals surface area (Å²) in [5.41, 5.74) is 0. The average Bonchev–Trinajstić information content (AvgIpc) is 1.89. The fraction of sp³-hybridized carbons (Fsp3) is 0.833. The van der Waals surface area contributed by atoms with E-state index in [9.17, 15) is 0 Å². The van der Waals surface area contributed by atoms with Gasteiger partial charge in [0.05, 0.1) is 12.7 Å². The largest absolute Gasteiger partial charge is 0.394 e. The maximum atomic E-state index is 8.11. The second-order valence-corrected chi connectivity index (χ2v) is 3.11. The van der Waals surface area contributed by atoms with Crippen molar-refractivity contribution in [1.29, 1.82) is 0 Å². The van der Waals surface area contributed by atoms with Crippen LogP contribution in [0.2, 0.25) is 0 Å². The Morgan fingerprint density at radius 2 is 1.90 bits per heavy atom. The molecule has 0 rings (SSSR count). The lowest BCUT2D eigenvalue weighted by Crippen LogP contribution is -2.03. The molecule has 1 atom stereocenters. The van der Waals surface area contributed by atoms with Gasteiger partial charge in [-0.25, -0.2) is 0 Å². The van der Waals surface area contributed by atoms with E-state index in [1.807, 2.05) is 6.92 Å². The molecule has 0 fully saturated rings. The predicted molar refractivity (Wildman–Crippen MR) is 50.6 cm³/mol. The van der Waals surface area contributed by atoms with Gasteiger partial charge in [-0.3, -0.25) is 0 Å². The highest BCUT2D eigenvalue weighted by atomic mass is 32.1. The molecule has 0 heterocycles. The Morgan fingerprint density at radius 1 is 1.70 bits per heavy atom. The first-order valence-corrected chi connectivity index (χ1v) is 3.90. The lowest BCUT2D eigenvalue weighted by Gasteiger charge is -1.90. The second kappa shape index (κ2) is 9.36. The van der Waals surface area contributed by atoms with Gasteiger partial charge in [-0.2, -0.15) is 0 Å². The standard InChI is InChI=1S/C3H8O2.C3H6S2/c1-3(5)2-4;1-2-3(4)5/h3-5H,2H2,1H3;2H2,1H3,(H,4,5). The first-order valence-electron chi connectivity index (χ1n) is 3.05. The summed E-state index contributed by atoms with van der Waals surface area (Å²) in [6.45, 7) is 3.37. The Kier molecular flexibility index (Phi) is 12.2. The third kappa shape index (κ3) is 23.8. The van der Waals surface area contributed by atoms with Crippen LogP contribution in [0.1, 0.15) is 20.3 Å². The lowest BCUT2D eigenvalue weighted by molar-refractivity contribution is 0.110. The summed E-state index contributed by atoms with van der Waals surface area (Å²) in [5, 5.41) is 16.0. The summed E-state index contributed by atoms with van der Waals surface area (Å²) in [7, 11) is 0. The van der Waals surface area contributed by atoms with Crippen molar-refractivity contribution in [1.82, 2.24) is 0 Å². The highest BCUT2D eigenvalue weighted by molar-refractivity contribution is 8.11. The molecule has 62 valence electrons. The molecule has 2 N–H and O–H groups in total. The average molecular weight is 182 g/mol. The minimum absolute atomic E-state index is 0.139. The molecule has 0 aromatic heterocycles. The maximum absolute atomic E-state index is 8.11. The molecule has 2 nitrogen and oxygen atoms in total. The van der Waals surface area contributed by atoms with Gasteiger partial charge < -0.3 is 10.2 Å². The SMILES string of the molecule is CC(O)CO.CCC(=S)S. The van der Waals surface area contributed by atoms with Gasteiger partial charge in [-0.1, -0.05) is 19.1 Å². The Labute approximate surface area is 72.7 Å². The summed E-state index contributed by atoms with van der Waals surface area (Å²) in [5.74, 6) is 0. The van der Waals surface area contributed by atoms with E-state index >= 15 is 0 Å². The van der Waals surface area contributed by atoms with Gasteiger partial charge in [-0.05, 0) is 13.3 Å². The maximum Gasteiger partial charge on any atom is 0.0742 e. The molecule has 4 heteroatoms. The third-order valence-corrected chi connectivity index (χ3v) is 1.17. The highest BCUT2D eigenvalue weighted by Gasteiger charge is 1.83. The van der Waals surface area contributed by atoms with Gasteiger partial charge in [0.25, 0.3) is 0 Å². The van der Waals surface area contributed by atoms with Crippen molar-refractivity contribution in [3.05, 3.63) is 0 Å². The molecule has 0 radical (unpaired) electrons. The van der Waals surface area contributed by atoms with Crippen molar-refractivity contribution in [2.75, 3.05) is 6.61 Å². The Morgan fingerprint density at radius 3 is 1.90 bits per heavy atom. The summed E-state index contributed by atoms with van der Waals surface area (Å²) in [4.78, 5) is 0. The predicted octanol–water partition coefficient (Wildman–Crippen LogP) is 1.01. The topological polar surface area (TPSA) is 40.5 Å². The first kappa shape index (κ1) is 13.0. The van der Waals surface area contributed by atoms with Crippen LogP contribution in [0.5, 0.6) is 0 Å². The number of hydrogen-bond donors (Lipinski definition) is 3. The van der Waals surface area contributed by atoms with Gasteiger partial charge in [-0.15, -0.1) is 12.6 Å². The van der Waals surface area contributed by atoms with Gasteiger partial charge in [0.15, 0.2) is 0 Å². The van der Waals surface area contributed by atoms with Gasteiger partial charge in [0.2, 0.25) is 0 Å². The normalized spacial score (nSPS) is 11.3. The number of aliphatic hydroxyl groups is 2. The smallest absolute Gasteiger partial charge is 0.0742 e. The van der Waals surface area contributed by atoms with Gasteiger partial charge in [0, 0.05) is 4.20 Å². The molecule has 1 unspecified atom stereocenters. The molecule has 10 heavy (non-hydrogen) atoms. The van der Waals surface area contributed by atoms with Crippen LogP contribution >= 0.6 is 24.8 Å². The third-order valence-electron chi connectivity index (χ3n) is 0.567. The molecule has 0 spiro atoms. The number of hydrogen-bond acceptors (Lipinski definition) is 3. The van der Waals surface area contributed by atoms with Gasteiger partial charge in [0.1, 0.15) is 0 Å². The van der Waals surface area contributed by atoms with Crippen molar-refractivity contribution in [3.63, 3.8) is 0 Å². The molecule has 0 aliphatic heterocycles. The summed E-state index contributed by atoms with van der Waals surface area (Å²) < 4.78 is 0.782. The minimum Gasteiger partial charge on any atom is -0.394 e. The zero-order valence-electron chi connectivity index (χ0n) is 6.24. The van der Waals surface area contributed by atoms with Crippen LogP contribution in [0.25, 0.3) is 0 Å². The molecule has 0 aromatic rings. The van der Waals surface area contributed by atoms with E-state index in [-0.39, 0.29) is 6.61 Å². The van der Waals surface area contributed by atoms with Crippen LogP contribution in [-0.4, -0.2) is 27.1 Å². The van der Waals surface area contributed by atoms with Crippen molar-refractivity contribution in [3.8, 4) is 0 Å². The molecule has 0 aliphatic carbocycles. The van der Waals surface area contributed by atoms with E-state index in [1.165, 1.54) is 6.92 Å². The van der Waals surface area contributed by atoms with E-state index in [2.05, 4.69) is 24.8 Å². The summed E-state index contributed by atoms with van der Waals surface area (Å²) >= 11 is 8.39. The Hall–Kier alpha value is 0.360. The van der Waals surface area contributed by atoms with E-state index in [1.54, 1.807) is 0 Å². The zero-order valence-corrected chi connectivity index (χ0v) is 7.95. The number of thiocarbonyl (C=S) groups is 1. The minimum atomic E-state index is -0.560. The fourth-order valence-electron chi connectivity index (χ4n) is 0. The Balaban J connectivity index is 0. The molecular formula is C6H14O2S2. The lowest BCUT2D eigenvalue weighted by atomic mass is 10.5. The van der Waals surface area contributed by atoms with Crippen LogP contribution < -0.4 is 0 Å². The summed E-state index contributed by atoms with van der Waals surface area (Å²) in [6.07, 6.45) is 0.341. The van der Waals surface area contributed by atoms with Crippen molar-refractivity contribution in [2.24, 2.45) is 0 Å². The zero-order chi connectivity index (χ0) is 8.57. The van der Waals surface area contributed by atoms with Crippen molar-refractivity contribution >= 4 is 29.0 Å². The number of thiol groups is 1. The van der Waals surface area contributed by atoms with Crippen molar-refractivity contribution < 1.29 is 10.2 Å². The van der Waals surface area contributed by atoms with Crippen LogP contribution in [0.3, 0.4) is 0 Å². The molecule has 0 saturated carbocycles. The van der Waals surface area contributed by atoms with E-state index in [4.69, 9.17) is 10.2 Å². The number of aliphatic hydroxyl groups excluding tert-OH is 2. The monoisotopic (exact) mass is 182 g/mol. The Bertz CT molecular complexity index is 83.8. The van der Waals surface area contributed by atoms with Crippen molar-refractivity contribution in [2.45, 2.75) is 26.4 Å². The number of rotatable bonds is 2. The first-order chi connectivity index (χ1) is 4.54. The molecular weight excluding hydrogens is 168 g/mol. The molecule has 0 bridgehead atoms. The van der Waals surface area contributed by atoms with E-state index in [0.29, 0.717) is 0 Å². The van der Waals surface area contributed by atoms with E-state index in [0.717, 1.165) is 10.6 Å². The van der Waals surface area contributed by atoms with Crippen LogP contribution in [0, 0.1) is 0 Å². The van der Waals surface area contributed by atoms with Crippen LogP contribution in [0.4, 0.5) is 0 Å². The molecule has 0 aromatic carbocycles. The van der Waals surface area contributed by atoms with Crippen LogP contribution in [0.15, 0.2) is 0 Å². The molecule has 0 amide bonds. The second-order valence-electron chi connectivity index (χ2n) is 1.78. The highest BCUT2D eigenvalue weighted by Crippen LogP contribution is 1.86. The van der Waals surface area contributed by atoms with E-state index < -0.39 is 6.10 Å². The van der Waals surface area contributed by atoms with Gasteiger partial charge >= 0.3 is 0 Å². The van der Waals surface area contributed by atoms with Crippen LogP contribution in [-0.2, 0) is 0 Å². The fourth-order valence-corrected chi connectivity index (χ4v) is 0. The summed E-state index contributed by atoms with van der Waals surface area (Å²) in [6, 6.07) is 0.